The highest BCUT2D eigenvalue weighted by Crippen LogP contribution is 2.20. The normalized spacial score (nSPS) is 11.7. The van der Waals surface area contributed by atoms with Crippen molar-refractivity contribution in [3.8, 4) is 0 Å². The summed E-state index contributed by atoms with van der Waals surface area (Å²) in [6.45, 7) is 0. The van der Waals surface area contributed by atoms with Crippen LogP contribution in [0.2, 0.25) is 0 Å². The summed E-state index contributed by atoms with van der Waals surface area (Å²) >= 11 is 0. The Morgan fingerprint density at radius 3 is 2.53 bits per heavy atom. The number of hydrazine groups is 1. The zero-order valence-corrected chi connectivity index (χ0v) is 8.14. The van der Waals surface area contributed by atoms with Gasteiger partial charge in [-0.05, 0) is 22.9 Å². The van der Waals surface area contributed by atoms with Gasteiger partial charge < -0.3 is 5.73 Å². The molecule has 15 heavy (non-hydrogen) atoms. The number of hydrogen-bond donors (Lipinski definition) is 3. The molecule has 2 aromatic rings. The first-order valence-corrected chi connectivity index (χ1v) is 4.59. The van der Waals surface area contributed by atoms with E-state index in [4.69, 9.17) is 11.6 Å². The van der Waals surface area contributed by atoms with E-state index in [2.05, 4.69) is 10.4 Å². The second-order valence-corrected chi connectivity index (χ2v) is 3.17. The van der Waals surface area contributed by atoms with Crippen molar-refractivity contribution >= 4 is 22.4 Å². The van der Waals surface area contributed by atoms with Crippen molar-refractivity contribution in [3.05, 3.63) is 42.5 Å². The first-order valence-electron chi connectivity index (χ1n) is 4.59. The Bertz CT molecular complexity index is 505. The Morgan fingerprint density at radius 1 is 1.07 bits per heavy atom. The van der Waals surface area contributed by atoms with Gasteiger partial charge >= 0.3 is 0 Å². The Morgan fingerprint density at radius 2 is 1.80 bits per heavy atom. The number of benzene rings is 2. The van der Waals surface area contributed by atoms with Gasteiger partial charge in [0.15, 0.2) is 0 Å². The number of rotatable bonds is 1. The fraction of sp³-hybridized carbons (Fsp3) is 0. The van der Waals surface area contributed by atoms with E-state index in [0.29, 0.717) is 0 Å². The molecular weight excluding hydrogens is 188 g/mol. The molecule has 4 nitrogen and oxygen atoms in total. The lowest BCUT2D eigenvalue weighted by Crippen LogP contribution is -2.36. The standard InChI is InChI=1S/C11H12N4/c12-11(15-13)14-10-6-5-8-3-1-2-4-9(8)7-10/h1-7H,13H2,(H3,12,14,15). The van der Waals surface area contributed by atoms with Crippen molar-refractivity contribution in [2.45, 2.75) is 0 Å². The molecule has 4 heteroatoms. The molecule has 0 bridgehead atoms. The molecule has 2 aromatic carbocycles. The van der Waals surface area contributed by atoms with E-state index in [1.54, 1.807) is 0 Å². The molecule has 0 aromatic heterocycles. The zero-order chi connectivity index (χ0) is 10.7. The minimum atomic E-state index is 0.199. The van der Waals surface area contributed by atoms with Crippen molar-refractivity contribution in [1.29, 1.82) is 0 Å². The average Bonchev–Trinajstić information content (AvgIpc) is 2.29. The predicted molar refractivity (Wildman–Crippen MR) is 62.6 cm³/mol. The number of aliphatic imine (C=N–C) groups is 1. The molecule has 0 heterocycles. The number of nitrogens with one attached hydrogen (secondary N) is 1. The molecule has 0 aliphatic rings. The number of guanidine groups is 1. The molecule has 0 unspecified atom stereocenters. The van der Waals surface area contributed by atoms with Crippen LogP contribution in [0.4, 0.5) is 5.69 Å². The highest BCUT2D eigenvalue weighted by Gasteiger charge is 1.94. The van der Waals surface area contributed by atoms with E-state index >= 15 is 0 Å². The second kappa shape index (κ2) is 3.98. The van der Waals surface area contributed by atoms with Crippen LogP contribution in [-0.2, 0) is 0 Å². The first kappa shape index (κ1) is 9.48. The van der Waals surface area contributed by atoms with Crippen molar-refractivity contribution in [2.24, 2.45) is 16.6 Å². The van der Waals surface area contributed by atoms with Gasteiger partial charge in [0.2, 0.25) is 5.96 Å². The molecule has 0 amide bonds. The van der Waals surface area contributed by atoms with Crippen LogP contribution >= 0.6 is 0 Å². The monoisotopic (exact) mass is 200 g/mol. The number of nitrogens with zero attached hydrogens (tertiary/aromatic N) is 1. The van der Waals surface area contributed by atoms with Crippen molar-refractivity contribution in [2.75, 3.05) is 0 Å². The van der Waals surface area contributed by atoms with E-state index in [1.165, 1.54) is 5.39 Å². The van der Waals surface area contributed by atoms with E-state index in [-0.39, 0.29) is 5.96 Å². The summed E-state index contributed by atoms with van der Waals surface area (Å²) in [6.07, 6.45) is 0. The summed E-state index contributed by atoms with van der Waals surface area (Å²) in [5, 5.41) is 2.30. The molecule has 2 rings (SSSR count). The minimum Gasteiger partial charge on any atom is -0.369 e. The number of nitrogens with two attached hydrogens (primary N) is 2. The summed E-state index contributed by atoms with van der Waals surface area (Å²) < 4.78 is 0. The van der Waals surface area contributed by atoms with Gasteiger partial charge in [0.05, 0.1) is 5.69 Å². The molecule has 0 saturated carbocycles. The largest absolute Gasteiger partial charge is 0.369 e. The van der Waals surface area contributed by atoms with Crippen molar-refractivity contribution in [1.82, 2.24) is 5.43 Å². The van der Waals surface area contributed by atoms with Gasteiger partial charge in [-0.15, -0.1) is 0 Å². The van der Waals surface area contributed by atoms with Gasteiger partial charge in [0, 0.05) is 0 Å². The van der Waals surface area contributed by atoms with E-state index in [1.807, 2.05) is 42.5 Å². The number of fused-ring (bicyclic) bond motifs is 1. The summed E-state index contributed by atoms with van der Waals surface area (Å²) in [6, 6.07) is 13.9. The summed E-state index contributed by atoms with van der Waals surface area (Å²) in [4.78, 5) is 4.09. The zero-order valence-electron chi connectivity index (χ0n) is 8.14. The molecule has 0 aliphatic carbocycles. The average molecular weight is 200 g/mol. The topological polar surface area (TPSA) is 76.4 Å². The van der Waals surface area contributed by atoms with E-state index in [9.17, 15) is 0 Å². The van der Waals surface area contributed by atoms with Crippen molar-refractivity contribution in [3.63, 3.8) is 0 Å². The maximum atomic E-state index is 5.46. The second-order valence-electron chi connectivity index (χ2n) is 3.17. The SMILES string of the molecule is NNC(N)=Nc1ccc2ccccc2c1. The minimum absolute atomic E-state index is 0.199. The smallest absolute Gasteiger partial charge is 0.208 e. The highest BCUT2D eigenvalue weighted by atomic mass is 15.3. The molecule has 0 spiro atoms. The third-order valence-electron chi connectivity index (χ3n) is 2.13. The van der Waals surface area contributed by atoms with Crippen LogP contribution in [0.1, 0.15) is 0 Å². The Balaban J connectivity index is 2.47. The number of hydrogen-bond acceptors (Lipinski definition) is 2. The lowest BCUT2D eigenvalue weighted by molar-refractivity contribution is 1.01. The predicted octanol–water partition coefficient (Wildman–Crippen LogP) is 1.25. The molecule has 0 atom stereocenters. The third-order valence-corrected chi connectivity index (χ3v) is 2.13. The highest BCUT2D eigenvalue weighted by molar-refractivity contribution is 5.87. The van der Waals surface area contributed by atoms with Crippen LogP contribution in [0.5, 0.6) is 0 Å². The fourth-order valence-corrected chi connectivity index (χ4v) is 1.42. The summed E-state index contributed by atoms with van der Waals surface area (Å²) in [5.74, 6) is 5.33. The van der Waals surface area contributed by atoms with Gasteiger partial charge in [-0.1, -0.05) is 30.3 Å². The molecule has 0 aliphatic heterocycles. The Kier molecular flexibility index (Phi) is 2.51. The van der Waals surface area contributed by atoms with Crippen LogP contribution in [0.3, 0.4) is 0 Å². The van der Waals surface area contributed by atoms with Crippen LogP contribution in [0.25, 0.3) is 10.8 Å². The molecule has 0 fully saturated rings. The van der Waals surface area contributed by atoms with E-state index in [0.717, 1.165) is 11.1 Å². The molecule has 5 N–H and O–H groups in total. The van der Waals surface area contributed by atoms with Gasteiger partial charge in [-0.2, -0.15) is 0 Å². The molecular formula is C11H12N4. The molecule has 0 radical (unpaired) electrons. The maximum Gasteiger partial charge on any atom is 0.208 e. The molecule has 0 saturated heterocycles. The lowest BCUT2D eigenvalue weighted by atomic mass is 10.1. The van der Waals surface area contributed by atoms with Gasteiger partial charge in [0.25, 0.3) is 0 Å². The van der Waals surface area contributed by atoms with Crippen LogP contribution in [0.15, 0.2) is 47.5 Å². The third kappa shape index (κ3) is 2.05. The van der Waals surface area contributed by atoms with Crippen molar-refractivity contribution < 1.29 is 0 Å². The van der Waals surface area contributed by atoms with Crippen LogP contribution in [-0.4, -0.2) is 5.96 Å². The van der Waals surface area contributed by atoms with Gasteiger partial charge in [-0.25, -0.2) is 10.8 Å². The lowest BCUT2D eigenvalue weighted by Gasteiger charge is -2.00. The van der Waals surface area contributed by atoms with Crippen LogP contribution in [0, 0.1) is 0 Å². The Labute approximate surface area is 87.6 Å². The first-order chi connectivity index (χ1) is 7.29. The molecule has 76 valence electrons. The van der Waals surface area contributed by atoms with E-state index < -0.39 is 0 Å². The maximum absolute atomic E-state index is 5.46. The fourth-order valence-electron chi connectivity index (χ4n) is 1.42. The Hall–Kier alpha value is -2.07. The van der Waals surface area contributed by atoms with Crippen LogP contribution < -0.4 is 17.0 Å². The summed E-state index contributed by atoms with van der Waals surface area (Å²) in [5.41, 5.74) is 8.53. The quantitative estimate of drug-likeness (QED) is 0.280. The van der Waals surface area contributed by atoms with Gasteiger partial charge in [0.1, 0.15) is 0 Å². The van der Waals surface area contributed by atoms with Gasteiger partial charge in [-0.3, -0.25) is 5.43 Å². The summed E-state index contributed by atoms with van der Waals surface area (Å²) in [7, 11) is 0.